The third-order valence-electron chi connectivity index (χ3n) is 6.97. The van der Waals surface area contributed by atoms with E-state index in [1.54, 1.807) is 30.5 Å². The van der Waals surface area contributed by atoms with Crippen molar-refractivity contribution in [1.82, 2.24) is 15.6 Å². The number of alkyl halides is 3. The van der Waals surface area contributed by atoms with Crippen molar-refractivity contribution in [2.24, 2.45) is 0 Å². The average molecular weight is 552 g/mol. The highest BCUT2D eigenvalue weighted by Crippen LogP contribution is 2.37. The molecule has 1 unspecified atom stereocenters. The van der Waals surface area contributed by atoms with Gasteiger partial charge >= 0.3 is 12.2 Å². The Balaban J connectivity index is 1.62. The Morgan fingerprint density at radius 3 is 1.80 bits per heavy atom. The van der Waals surface area contributed by atoms with Crippen LogP contribution in [0.4, 0.5) is 18.0 Å². The van der Waals surface area contributed by atoms with E-state index in [1.165, 1.54) is 6.07 Å². The number of rotatable bonds is 8. The van der Waals surface area contributed by atoms with Gasteiger partial charge in [0, 0.05) is 12.6 Å². The molecule has 0 spiro atoms. The second-order valence-electron chi connectivity index (χ2n) is 9.71. The lowest BCUT2D eigenvalue weighted by Crippen LogP contribution is -2.53. The maximum absolute atomic E-state index is 14.0. The van der Waals surface area contributed by atoms with Crippen molar-refractivity contribution in [2.45, 2.75) is 24.2 Å². The van der Waals surface area contributed by atoms with E-state index in [2.05, 4.69) is 15.6 Å². The van der Waals surface area contributed by atoms with Gasteiger partial charge in [-0.3, -0.25) is 4.98 Å². The van der Waals surface area contributed by atoms with Crippen molar-refractivity contribution in [3.05, 3.63) is 173 Å². The number of nitrogens with one attached hydrogen (secondary N) is 2. The van der Waals surface area contributed by atoms with E-state index >= 15 is 0 Å². The van der Waals surface area contributed by atoms with Gasteiger partial charge in [0.2, 0.25) is 0 Å². The first kappa shape index (κ1) is 27.6. The highest BCUT2D eigenvalue weighted by Gasteiger charge is 2.40. The average Bonchev–Trinajstić information content (AvgIpc) is 3.01. The fourth-order valence-electron chi connectivity index (χ4n) is 5.01. The molecule has 7 heteroatoms. The van der Waals surface area contributed by atoms with Crippen LogP contribution in [0.15, 0.2) is 140 Å². The zero-order valence-electron chi connectivity index (χ0n) is 22.1. The monoisotopic (exact) mass is 551 g/mol. The number of pyridine rings is 1. The predicted molar refractivity (Wildman–Crippen MR) is 153 cm³/mol. The van der Waals surface area contributed by atoms with Gasteiger partial charge in [0.25, 0.3) is 0 Å². The van der Waals surface area contributed by atoms with Crippen LogP contribution in [0.2, 0.25) is 0 Å². The molecule has 0 aliphatic heterocycles. The van der Waals surface area contributed by atoms with Gasteiger partial charge in [0.05, 0.1) is 17.3 Å². The van der Waals surface area contributed by atoms with E-state index < -0.39 is 29.4 Å². The minimum atomic E-state index is -4.56. The van der Waals surface area contributed by atoms with Crippen LogP contribution in [0.25, 0.3) is 0 Å². The summed E-state index contributed by atoms with van der Waals surface area (Å²) < 4.78 is 41.6. The first-order valence-electron chi connectivity index (χ1n) is 13.2. The van der Waals surface area contributed by atoms with Crippen molar-refractivity contribution in [2.75, 3.05) is 0 Å². The summed E-state index contributed by atoms with van der Waals surface area (Å²) in [7, 11) is 0. The third-order valence-corrected chi connectivity index (χ3v) is 6.97. The Labute approximate surface area is 236 Å². The van der Waals surface area contributed by atoms with E-state index in [1.807, 2.05) is 91.0 Å². The summed E-state index contributed by atoms with van der Waals surface area (Å²) in [5, 5.41) is 6.16. The zero-order chi connectivity index (χ0) is 28.7. The summed E-state index contributed by atoms with van der Waals surface area (Å²) in [6, 6.07) is 37.5. The molecule has 4 aromatic carbocycles. The maximum Gasteiger partial charge on any atom is 0.416 e. The summed E-state index contributed by atoms with van der Waals surface area (Å²) in [4.78, 5) is 18.5. The van der Waals surface area contributed by atoms with Crippen molar-refractivity contribution in [3.63, 3.8) is 0 Å². The molecule has 0 aliphatic rings. The second-order valence-corrected chi connectivity index (χ2v) is 9.71. The summed E-state index contributed by atoms with van der Waals surface area (Å²) in [6.45, 7) is 0. The van der Waals surface area contributed by atoms with Gasteiger partial charge in [0.1, 0.15) is 5.54 Å². The van der Waals surface area contributed by atoms with E-state index in [4.69, 9.17) is 0 Å². The lowest BCUT2D eigenvalue weighted by molar-refractivity contribution is -0.137. The lowest BCUT2D eigenvalue weighted by atomic mass is 9.80. The van der Waals surface area contributed by atoms with E-state index in [9.17, 15) is 18.0 Å². The van der Waals surface area contributed by atoms with Crippen LogP contribution >= 0.6 is 0 Å². The molecule has 41 heavy (non-hydrogen) atoms. The fraction of sp³-hybridized carbons (Fsp3) is 0.118. The molecule has 1 heterocycles. The molecule has 206 valence electrons. The zero-order valence-corrected chi connectivity index (χ0v) is 22.1. The van der Waals surface area contributed by atoms with Crippen LogP contribution in [0.5, 0.6) is 0 Å². The predicted octanol–water partition coefficient (Wildman–Crippen LogP) is 7.68. The number of halogens is 3. The molecule has 0 radical (unpaired) electrons. The number of urea groups is 1. The van der Waals surface area contributed by atoms with Crippen LogP contribution in [0.1, 0.15) is 39.6 Å². The Bertz CT molecular complexity index is 1520. The maximum atomic E-state index is 14.0. The summed E-state index contributed by atoms with van der Waals surface area (Å²) in [5.41, 5.74) is 0.982. The molecular formula is C34H28F3N3O. The Kier molecular flexibility index (Phi) is 8.15. The van der Waals surface area contributed by atoms with E-state index in [0.717, 1.165) is 28.8 Å². The van der Waals surface area contributed by atoms with Crippen LogP contribution in [0.3, 0.4) is 0 Å². The molecule has 0 saturated carbocycles. The highest BCUT2D eigenvalue weighted by atomic mass is 19.4. The van der Waals surface area contributed by atoms with Gasteiger partial charge in [-0.05, 0) is 46.5 Å². The molecule has 5 rings (SSSR count). The standard InChI is InChI=1S/C34H28F3N3O/c35-34(36,37)29-20-12-19-28(23-29)33(30-21-10-11-22-38-30,24-25-13-4-1-5-14-25)40-32(41)39-31(26-15-6-2-7-16-26)27-17-8-3-9-18-27/h1-23,31H,24H2,(H2,39,40,41). The molecule has 4 nitrogen and oxygen atoms in total. The highest BCUT2D eigenvalue weighted by molar-refractivity contribution is 5.77. The van der Waals surface area contributed by atoms with Crippen molar-refractivity contribution in [3.8, 4) is 0 Å². The first-order chi connectivity index (χ1) is 19.8. The quantitative estimate of drug-likeness (QED) is 0.208. The number of carbonyl (C=O) groups excluding carboxylic acids is 1. The van der Waals surface area contributed by atoms with Gasteiger partial charge in [-0.1, -0.05) is 109 Å². The topological polar surface area (TPSA) is 54.0 Å². The van der Waals surface area contributed by atoms with Crippen molar-refractivity contribution >= 4 is 6.03 Å². The lowest BCUT2D eigenvalue weighted by Gasteiger charge is -2.36. The Morgan fingerprint density at radius 1 is 0.683 bits per heavy atom. The Morgan fingerprint density at radius 2 is 1.24 bits per heavy atom. The first-order valence-corrected chi connectivity index (χ1v) is 13.2. The number of amides is 2. The SMILES string of the molecule is O=C(NC(c1ccccc1)c1ccccc1)NC(Cc1ccccc1)(c1cccc(C(F)(F)F)c1)c1ccccn1. The molecule has 2 amide bonds. The molecule has 2 N–H and O–H groups in total. The smallest absolute Gasteiger partial charge is 0.327 e. The number of benzene rings is 4. The van der Waals surface area contributed by atoms with Crippen LogP contribution in [-0.2, 0) is 18.1 Å². The molecule has 0 fully saturated rings. The summed E-state index contributed by atoms with van der Waals surface area (Å²) >= 11 is 0. The van der Waals surface area contributed by atoms with E-state index in [-0.39, 0.29) is 12.0 Å². The second kappa shape index (κ2) is 12.1. The van der Waals surface area contributed by atoms with E-state index in [0.29, 0.717) is 5.69 Å². The van der Waals surface area contributed by atoms with Gasteiger partial charge in [-0.15, -0.1) is 0 Å². The molecule has 0 aliphatic carbocycles. The summed E-state index contributed by atoms with van der Waals surface area (Å²) in [6.07, 6.45) is -2.83. The minimum Gasteiger partial charge on any atom is -0.327 e. The van der Waals surface area contributed by atoms with Crippen molar-refractivity contribution in [1.29, 1.82) is 0 Å². The van der Waals surface area contributed by atoms with Gasteiger partial charge in [-0.25, -0.2) is 4.79 Å². The molecule has 1 atom stereocenters. The normalized spacial score (nSPS) is 12.9. The Hall–Kier alpha value is -4.91. The number of nitrogens with zero attached hydrogens (tertiary/aromatic N) is 1. The van der Waals surface area contributed by atoms with Crippen molar-refractivity contribution < 1.29 is 18.0 Å². The molecular weight excluding hydrogens is 523 g/mol. The van der Waals surface area contributed by atoms with Gasteiger partial charge < -0.3 is 10.6 Å². The van der Waals surface area contributed by atoms with Gasteiger partial charge in [0.15, 0.2) is 0 Å². The molecule has 0 saturated heterocycles. The molecule has 1 aromatic heterocycles. The largest absolute Gasteiger partial charge is 0.416 e. The molecule has 5 aromatic rings. The summed E-state index contributed by atoms with van der Waals surface area (Å²) in [5.74, 6) is 0. The number of carbonyl (C=O) groups is 1. The van der Waals surface area contributed by atoms with Crippen LogP contribution < -0.4 is 10.6 Å². The van der Waals surface area contributed by atoms with Crippen LogP contribution in [-0.4, -0.2) is 11.0 Å². The van der Waals surface area contributed by atoms with Crippen LogP contribution in [0, 0.1) is 0 Å². The third kappa shape index (κ3) is 6.47. The number of aromatic nitrogens is 1. The molecule has 0 bridgehead atoms. The van der Waals surface area contributed by atoms with Gasteiger partial charge in [-0.2, -0.15) is 13.2 Å². The number of hydrogen-bond acceptors (Lipinski definition) is 2. The fourth-order valence-corrected chi connectivity index (χ4v) is 5.01. The number of hydrogen-bond donors (Lipinski definition) is 2. The minimum absolute atomic E-state index is 0.168.